The highest BCUT2D eigenvalue weighted by Crippen LogP contribution is 2.37. The maximum absolute atomic E-state index is 5.40. The molecule has 1 saturated heterocycles. The number of ether oxygens (including phenoxy) is 2. The van der Waals surface area contributed by atoms with Gasteiger partial charge in [0.1, 0.15) is 11.5 Å². The van der Waals surface area contributed by atoms with Crippen LogP contribution in [0.1, 0.15) is 17.2 Å². The van der Waals surface area contributed by atoms with Crippen LogP contribution in [0.4, 0.5) is 0 Å². The van der Waals surface area contributed by atoms with E-state index in [1.54, 1.807) is 14.2 Å². The van der Waals surface area contributed by atoms with Crippen LogP contribution in [0.2, 0.25) is 0 Å². The largest absolute Gasteiger partial charge is 0.496 e. The Morgan fingerprint density at radius 3 is 2.50 bits per heavy atom. The number of benzene rings is 1. The van der Waals surface area contributed by atoms with E-state index in [1.165, 1.54) is 5.56 Å². The normalized spacial score (nSPS) is 19.2. The first-order chi connectivity index (χ1) is 6.77. The molecule has 1 aromatic rings. The summed E-state index contributed by atoms with van der Waals surface area (Å²) in [5.74, 6) is 1.82. The van der Waals surface area contributed by atoms with Crippen LogP contribution in [-0.4, -0.2) is 20.8 Å². The summed E-state index contributed by atoms with van der Waals surface area (Å²) in [6.07, 6.45) is 0. The van der Waals surface area contributed by atoms with Gasteiger partial charge >= 0.3 is 0 Å². The van der Waals surface area contributed by atoms with Crippen molar-refractivity contribution >= 4 is 0 Å². The minimum atomic E-state index is 0.467. The summed E-state index contributed by atoms with van der Waals surface area (Å²) >= 11 is 0. The number of hydrogen-bond donors (Lipinski definition) is 1. The number of hydrogen-bond acceptors (Lipinski definition) is 3. The van der Waals surface area contributed by atoms with Crippen molar-refractivity contribution in [3.8, 4) is 11.5 Å². The predicted octanol–water partition coefficient (Wildman–Crippen LogP) is 1.66. The van der Waals surface area contributed by atoms with Gasteiger partial charge in [0.2, 0.25) is 0 Å². The first-order valence-corrected chi connectivity index (χ1v) is 4.72. The van der Waals surface area contributed by atoms with Crippen LogP contribution in [0.5, 0.6) is 11.5 Å². The van der Waals surface area contributed by atoms with Crippen LogP contribution in [0, 0.1) is 6.92 Å². The third kappa shape index (κ3) is 1.44. The Balaban J connectivity index is 2.46. The molecule has 1 heterocycles. The zero-order chi connectivity index (χ0) is 10.1. The Bertz CT molecular complexity index is 345. The molecule has 76 valence electrons. The Kier molecular flexibility index (Phi) is 2.33. The molecular weight excluding hydrogens is 178 g/mol. The lowest BCUT2D eigenvalue weighted by Crippen LogP contribution is -1.97. The third-order valence-electron chi connectivity index (χ3n) is 2.59. The third-order valence-corrected chi connectivity index (χ3v) is 2.59. The van der Waals surface area contributed by atoms with Crippen LogP contribution in [0.3, 0.4) is 0 Å². The van der Waals surface area contributed by atoms with Gasteiger partial charge in [-0.2, -0.15) is 0 Å². The zero-order valence-electron chi connectivity index (χ0n) is 8.76. The smallest absolute Gasteiger partial charge is 0.130 e. The Morgan fingerprint density at radius 1 is 1.29 bits per heavy atom. The topological polar surface area (TPSA) is 40.4 Å². The van der Waals surface area contributed by atoms with Crippen LogP contribution in [0.25, 0.3) is 0 Å². The fraction of sp³-hybridized carbons (Fsp3) is 0.455. The van der Waals surface area contributed by atoms with Crippen LogP contribution >= 0.6 is 0 Å². The van der Waals surface area contributed by atoms with E-state index in [-0.39, 0.29) is 0 Å². The summed E-state index contributed by atoms with van der Waals surface area (Å²) in [6, 6.07) is 4.53. The average molecular weight is 193 g/mol. The minimum Gasteiger partial charge on any atom is -0.496 e. The van der Waals surface area contributed by atoms with Gasteiger partial charge in [-0.25, -0.2) is 0 Å². The number of methoxy groups -OCH3 is 2. The molecule has 2 rings (SSSR count). The lowest BCUT2D eigenvalue weighted by molar-refractivity contribution is 0.385. The molecule has 1 fully saturated rings. The molecule has 0 aliphatic carbocycles. The lowest BCUT2D eigenvalue weighted by Gasteiger charge is -2.13. The first kappa shape index (κ1) is 9.34. The molecule has 1 atom stereocenters. The van der Waals surface area contributed by atoms with Crippen molar-refractivity contribution in [2.75, 3.05) is 20.8 Å². The molecule has 0 radical (unpaired) electrons. The Labute approximate surface area is 84.0 Å². The van der Waals surface area contributed by atoms with E-state index < -0.39 is 0 Å². The number of rotatable bonds is 3. The lowest BCUT2D eigenvalue weighted by atomic mass is 10.1. The van der Waals surface area contributed by atoms with E-state index >= 15 is 0 Å². The van der Waals surface area contributed by atoms with Crippen LogP contribution in [0.15, 0.2) is 12.1 Å². The van der Waals surface area contributed by atoms with Crippen molar-refractivity contribution in [2.45, 2.75) is 13.0 Å². The van der Waals surface area contributed by atoms with Gasteiger partial charge in [0.25, 0.3) is 0 Å². The van der Waals surface area contributed by atoms with Gasteiger partial charge in [-0.3, -0.25) is 0 Å². The fourth-order valence-corrected chi connectivity index (χ4v) is 1.74. The minimum absolute atomic E-state index is 0.467. The van der Waals surface area contributed by atoms with Gasteiger partial charge in [-0.05, 0) is 19.1 Å². The van der Waals surface area contributed by atoms with Gasteiger partial charge in [0.15, 0.2) is 0 Å². The van der Waals surface area contributed by atoms with Gasteiger partial charge in [0.05, 0.1) is 14.2 Å². The molecule has 1 N–H and O–H groups in total. The highest BCUT2D eigenvalue weighted by molar-refractivity contribution is 5.51. The van der Waals surface area contributed by atoms with Crippen molar-refractivity contribution in [1.82, 2.24) is 5.32 Å². The highest BCUT2D eigenvalue weighted by atomic mass is 16.5. The maximum Gasteiger partial charge on any atom is 0.130 e. The summed E-state index contributed by atoms with van der Waals surface area (Å²) < 4.78 is 10.6. The van der Waals surface area contributed by atoms with Gasteiger partial charge < -0.3 is 14.8 Å². The van der Waals surface area contributed by atoms with Crippen molar-refractivity contribution in [3.05, 3.63) is 23.3 Å². The first-order valence-electron chi connectivity index (χ1n) is 4.72. The summed E-state index contributed by atoms with van der Waals surface area (Å²) in [5, 5.41) is 3.27. The van der Waals surface area contributed by atoms with Crippen LogP contribution < -0.4 is 14.8 Å². The van der Waals surface area contributed by atoms with Gasteiger partial charge in [-0.1, -0.05) is 0 Å². The van der Waals surface area contributed by atoms with E-state index in [1.807, 2.05) is 13.0 Å². The van der Waals surface area contributed by atoms with E-state index in [0.717, 1.165) is 23.6 Å². The fourth-order valence-electron chi connectivity index (χ4n) is 1.74. The van der Waals surface area contributed by atoms with Gasteiger partial charge in [0, 0.05) is 23.7 Å². The summed E-state index contributed by atoms with van der Waals surface area (Å²) in [6.45, 7) is 3.06. The highest BCUT2D eigenvalue weighted by Gasteiger charge is 2.27. The Hall–Kier alpha value is -1.22. The molecule has 1 aliphatic rings. The van der Waals surface area contributed by atoms with E-state index in [0.29, 0.717) is 6.04 Å². The molecule has 3 heteroatoms. The molecule has 0 aromatic heterocycles. The molecule has 1 aromatic carbocycles. The van der Waals surface area contributed by atoms with Crippen molar-refractivity contribution < 1.29 is 9.47 Å². The molecule has 1 aliphatic heterocycles. The second-order valence-electron chi connectivity index (χ2n) is 3.48. The maximum atomic E-state index is 5.40. The van der Waals surface area contributed by atoms with Crippen molar-refractivity contribution in [2.24, 2.45) is 0 Å². The SMILES string of the molecule is COc1ccc(C2CN2)c(OC)c1C. The molecule has 0 spiro atoms. The number of nitrogens with one attached hydrogen (secondary N) is 1. The molecule has 1 unspecified atom stereocenters. The van der Waals surface area contributed by atoms with Crippen LogP contribution in [-0.2, 0) is 0 Å². The molecule has 3 nitrogen and oxygen atoms in total. The molecule has 0 saturated carbocycles. The zero-order valence-corrected chi connectivity index (χ0v) is 8.76. The summed E-state index contributed by atoms with van der Waals surface area (Å²) in [4.78, 5) is 0. The van der Waals surface area contributed by atoms with E-state index in [4.69, 9.17) is 9.47 Å². The van der Waals surface area contributed by atoms with E-state index in [9.17, 15) is 0 Å². The molecule has 0 bridgehead atoms. The Morgan fingerprint density at radius 2 is 2.00 bits per heavy atom. The average Bonchev–Trinajstić information content (AvgIpc) is 3.00. The second-order valence-corrected chi connectivity index (χ2v) is 3.48. The van der Waals surface area contributed by atoms with E-state index in [2.05, 4.69) is 11.4 Å². The summed E-state index contributed by atoms with van der Waals surface area (Å²) in [7, 11) is 3.38. The van der Waals surface area contributed by atoms with Gasteiger partial charge in [-0.15, -0.1) is 0 Å². The van der Waals surface area contributed by atoms with Crippen molar-refractivity contribution in [3.63, 3.8) is 0 Å². The molecule has 14 heavy (non-hydrogen) atoms. The standard InChI is InChI=1S/C11H15NO2/c1-7-10(13-2)5-4-8(9-6-12-9)11(7)14-3/h4-5,9,12H,6H2,1-3H3. The molecular formula is C11H15NO2. The predicted molar refractivity (Wildman–Crippen MR) is 55.0 cm³/mol. The summed E-state index contributed by atoms with van der Waals surface area (Å²) in [5.41, 5.74) is 2.30. The second kappa shape index (κ2) is 3.50. The quantitative estimate of drug-likeness (QED) is 0.742. The van der Waals surface area contributed by atoms with Crippen molar-refractivity contribution in [1.29, 1.82) is 0 Å². The monoisotopic (exact) mass is 193 g/mol. The molecule has 0 amide bonds.